The molecule has 0 saturated heterocycles. The molecule has 3 nitrogen and oxygen atoms in total. The third-order valence-electron chi connectivity index (χ3n) is 4.55. The summed E-state index contributed by atoms with van der Waals surface area (Å²) >= 11 is 0. The molecule has 0 amide bonds. The van der Waals surface area contributed by atoms with E-state index in [2.05, 4.69) is 0 Å². The Morgan fingerprint density at radius 2 is 1.36 bits per heavy atom. The van der Waals surface area contributed by atoms with E-state index >= 15 is 0 Å². The molecule has 0 fully saturated rings. The Hall–Kier alpha value is -3.60. The predicted molar refractivity (Wildman–Crippen MR) is 102 cm³/mol. The second-order valence-corrected chi connectivity index (χ2v) is 6.32. The number of halogens is 2. The van der Waals surface area contributed by atoms with E-state index in [1.807, 2.05) is 54.6 Å². The third-order valence-corrected chi connectivity index (χ3v) is 4.55. The highest BCUT2D eigenvalue weighted by molar-refractivity contribution is 6.17. The molecule has 0 saturated carbocycles. The van der Waals surface area contributed by atoms with Gasteiger partial charge in [0.25, 0.3) is 0 Å². The zero-order chi connectivity index (χ0) is 19.7. The van der Waals surface area contributed by atoms with Crippen molar-refractivity contribution in [2.24, 2.45) is 0 Å². The normalized spacial score (nSPS) is 10.9. The largest absolute Gasteiger partial charge is 0.454 e. The van der Waals surface area contributed by atoms with Crippen molar-refractivity contribution in [2.45, 2.75) is 0 Å². The molecule has 0 N–H and O–H groups in total. The molecule has 0 aliphatic carbocycles. The lowest BCUT2D eigenvalue weighted by Gasteiger charge is -2.11. The van der Waals surface area contributed by atoms with E-state index in [1.54, 1.807) is 0 Å². The molecule has 4 rings (SSSR count). The van der Waals surface area contributed by atoms with Crippen molar-refractivity contribution in [3.63, 3.8) is 0 Å². The Morgan fingerprint density at radius 3 is 1.96 bits per heavy atom. The van der Waals surface area contributed by atoms with Gasteiger partial charge in [-0.2, -0.15) is 0 Å². The van der Waals surface area contributed by atoms with Crippen LogP contribution in [0.1, 0.15) is 20.7 Å². The molecule has 0 aliphatic heterocycles. The lowest BCUT2D eigenvalue weighted by atomic mass is 9.97. The van der Waals surface area contributed by atoms with Gasteiger partial charge in [0.2, 0.25) is 0 Å². The van der Waals surface area contributed by atoms with Gasteiger partial charge < -0.3 is 4.74 Å². The molecular formula is C23H14F2O3. The van der Waals surface area contributed by atoms with Crippen LogP contribution in [-0.2, 0) is 4.74 Å². The molecule has 0 atom stereocenters. The number of ether oxygens (including phenoxy) is 1. The van der Waals surface area contributed by atoms with Crippen molar-refractivity contribution >= 4 is 33.3 Å². The first kappa shape index (κ1) is 17.8. The quantitative estimate of drug-likeness (QED) is 0.275. The van der Waals surface area contributed by atoms with Gasteiger partial charge in [0, 0.05) is 5.56 Å². The first-order chi connectivity index (χ1) is 13.5. The number of fused-ring (bicyclic) bond motifs is 2. The molecule has 0 radical (unpaired) electrons. The van der Waals surface area contributed by atoms with Crippen LogP contribution in [-0.4, -0.2) is 18.4 Å². The molecule has 0 aromatic heterocycles. The van der Waals surface area contributed by atoms with Gasteiger partial charge in [-0.3, -0.25) is 4.79 Å². The fraction of sp³-hybridized carbons (Fsp3) is 0.0435. The van der Waals surface area contributed by atoms with Crippen molar-refractivity contribution in [3.8, 4) is 0 Å². The summed E-state index contributed by atoms with van der Waals surface area (Å²) in [6, 6.07) is 19.6. The van der Waals surface area contributed by atoms with Gasteiger partial charge in [-0.25, -0.2) is 13.6 Å². The monoisotopic (exact) mass is 376 g/mol. The summed E-state index contributed by atoms with van der Waals surface area (Å²) in [6.07, 6.45) is 0. The van der Waals surface area contributed by atoms with E-state index in [-0.39, 0.29) is 5.56 Å². The minimum absolute atomic E-state index is 0.0607. The van der Waals surface area contributed by atoms with Crippen LogP contribution in [0, 0.1) is 11.6 Å². The van der Waals surface area contributed by atoms with E-state index in [0.717, 1.165) is 29.0 Å². The Morgan fingerprint density at radius 1 is 0.750 bits per heavy atom. The second-order valence-electron chi connectivity index (χ2n) is 6.32. The summed E-state index contributed by atoms with van der Waals surface area (Å²) in [7, 11) is 0. The second kappa shape index (κ2) is 7.19. The average Bonchev–Trinajstić information content (AvgIpc) is 2.71. The molecule has 0 heterocycles. The number of carbonyl (C=O) groups is 2. The van der Waals surface area contributed by atoms with E-state index in [1.165, 1.54) is 0 Å². The number of hydrogen-bond donors (Lipinski definition) is 0. The molecule has 4 aromatic carbocycles. The lowest BCUT2D eigenvalue weighted by Crippen LogP contribution is -2.15. The standard InChI is InChI=1S/C23H14F2O3/c24-19-10-9-16(12-20(19)25)21(26)13-28-23(27)22-17-7-3-1-5-14(17)11-15-6-2-4-8-18(15)22/h1-12H,13H2. The van der Waals surface area contributed by atoms with Crippen molar-refractivity contribution in [1.29, 1.82) is 0 Å². The maximum atomic E-state index is 13.3. The van der Waals surface area contributed by atoms with Gasteiger partial charge in [-0.05, 0) is 45.8 Å². The first-order valence-corrected chi connectivity index (χ1v) is 8.60. The van der Waals surface area contributed by atoms with Gasteiger partial charge in [0.1, 0.15) is 0 Å². The number of esters is 1. The molecule has 28 heavy (non-hydrogen) atoms. The summed E-state index contributed by atoms with van der Waals surface area (Å²) < 4.78 is 31.6. The van der Waals surface area contributed by atoms with Crippen LogP contribution < -0.4 is 0 Å². The van der Waals surface area contributed by atoms with E-state index in [0.29, 0.717) is 16.3 Å². The molecule has 0 aliphatic rings. The SMILES string of the molecule is O=C(COC(=O)c1c2ccccc2cc2ccccc12)c1ccc(F)c(F)c1. The molecule has 138 valence electrons. The van der Waals surface area contributed by atoms with Gasteiger partial charge in [-0.15, -0.1) is 0 Å². The highest BCUT2D eigenvalue weighted by Crippen LogP contribution is 2.29. The Bertz CT molecular complexity index is 1180. The highest BCUT2D eigenvalue weighted by Gasteiger charge is 2.18. The maximum absolute atomic E-state index is 13.3. The number of hydrogen-bond acceptors (Lipinski definition) is 3. The number of carbonyl (C=O) groups excluding carboxylic acids is 2. The van der Waals surface area contributed by atoms with E-state index in [4.69, 9.17) is 4.74 Å². The smallest absolute Gasteiger partial charge is 0.339 e. The van der Waals surface area contributed by atoms with Crippen LogP contribution in [0.4, 0.5) is 8.78 Å². The van der Waals surface area contributed by atoms with Crippen LogP contribution in [0.15, 0.2) is 72.8 Å². The predicted octanol–water partition coefficient (Wildman–Crippen LogP) is 5.31. The minimum Gasteiger partial charge on any atom is -0.454 e. The lowest BCUT2D eigenvalue weighted by molar-refractivity contribution is 0.0478. The Kier molecular flexibility index (Phi) is 4.57. The Labute approximate surface area is 159 Å². The maximum Gasteiger partial charge on any atom is 0.339 e. The van der Waals surface area contributed by atoms with Crippen molar-refractivity contribution in [1.82, 2.24) is 0 Å². The zero-order valence-corrected chi connectivity index (χ0v) is 14.6. The average molecular weight is 376 g/mol. The summed E-state index contributed by atoms with van der Waals surface area (Å²) in [4.78, 5) is 25.0. The topological polar surface area (TPSA) is 43.4 Å². The number of benzene rings is 4. The fourth-order valence-electron chi connectivity index (χ4n) is 3.19. The van der Waals surface area contributed by atoms with Gasteiger partial charge in [-0.1, -0.05) is 48.5 Å². The first-order valence-electron chi connectivity index (χ1n) is 8.60. The molecule has 0 bridgehead atoms. The molecule has 4 aromatic rings. The van der Waals surface area contributed by atoms with Crippen molar-refractivity contribution < 1.29 is 23.1 Å². The molecule has 0 spiro atoms. The van der Waals surface area contributed by atoms with E-state index in [9.17, 15) is 18.4 Å². The number of ketones is 1. The number of rotatable bonds is 4. The van der Waals surface area contributed by atoms with Crippen LogP contribution in [0.3, 0.4) is 0 Å². The Balaban J connectivity index is 1.66. The summed E-state index contributed by atoms with van der Waals surface area (Å²) in [6.45, 7) is -0.568. The van der Waals surface area contributed by atoms with Gasteiger partial charge in [0.15, 0.2) is 24.0 Å². The highest BCUT2D eigenvalue weighted by atomic mass is 19.2. The fourth-order valence-corrected chi connectivity index (χ4v) is 3.19. The molecule has 0 unspecified atom stereocenters. The molecule has 5 heteroatoms. The third kappa shape index (κ3) is 3.22. The van der Waals surface area contributed by atoms with Crippen molar-refractivity contribution in [3.05, 3.63) is 95.6 Å². The van der Waals surface area contributed by atoms with E-state index < -0.39 is 30.0 Å². The van der Waals surface area contributed by atoms with Crippen molar-refractivity contribution in [2.75, 3.05) is 6.61 Å². The van der Waals surface area contributed by atoms with Gasteiger partial charge >= 0.3 is 5.97 Å². The van der Waals surface area contributed by atoms with Crippen LogP contribution in [0.25, 0.3) is 21.5 Å². The minimum atomic E-state index is -1.13. The summed E-state index contributed by atoms with van der Waals surface area (Å²) in [5, 5.41) is 3.18. The van der Waals surface area contributed by atoms with Crippen LogP contribution in [0.2, 0.25) is 0 Å². The number of Topliss-reactive ketones (excluding diaryl/α,β-unsaturated/α-hetero) is 1. The summed E-state index contributed by atoms with van der Waals surface area (Å²) in [5.74, 6) is -3.44. The van der Waals surface area contributed by atoms with Crippen LogP contribution >= 0.6 is 0 Å². The zero-order valence-electron chi connectivity index (χ0n) is 14.6. The van der Waals surface area contributed by atoms with Crippen LogP contribution in [0.5, 0.6) is 0 Å². The summed E-state index contributed by atoms with van der Waals surface area (Å²) in [5.41, 5.74) is 0.307. The van der Waals surface area contributed by atoms with Gasteiger partial charge in [0.05, 0.1) is 5.56 Å². The molecular weight excluding hydrogens is 362 g/mol.